The maximum atomic E-state index is 13.1. The monoisotopic (exact) mass is 474 g/mol. The van der Waals surface area contributed by atoms with Crippen LogP contribution in [0.4, 0.5) is 17.3 Å². The highest BCUT2D eigenvalue weighted by Gasteiger charge is 2.33. The third kappa shape index (κ3) is 4.33. The lowest BCUT2D eigenvalue weighted by Crippen LogP contribution is -2.51. The van der Waals surface area contributed by atoms with E-state index in [1.807, 2.05) is 13.0 Å². The molecule has 0 aromatic carbocycles. The van der Waals surface area contributed by atoms with Crippen LogP contribution < -0.4 is 21.5 Å². The molecule has 11 nitrogen and oxygen atoms in total. The summed E-state index contributed by atoms with van der Waals surface area (Å²) < 4.78 is 8.67. The third-order valence-corrected chi connectivity index (χ3v) is 5.99. The predicted molar refractivity (Wildman–Crippen MR) is 132 cm³/mol. The number of carbonyl (C=O) groups is 1. The van der Waals surface area contributed by atoms with Crippen LogP contribution >= 0.6 is 0 Å². The molecule has 4 heterocycles. The Kier molecular flexibility index (Phi) is 6.15. The fourth-order valence-corrected chi connectivity index (χ4v) is 4.06. The predicted octanol–water partition coefficient (Wildman–Crippen LogP) is 2.36. The Morgan fingerprint density at radius 1 is 1.23 bits per heavy atom. The van der Waals surface area contributed by atoms with Crippen LogP contribution in [0.25, 0.3) is 11.5 Å². The molecule has 0 spiro atoms. The minimum Gasteiger partial charge on any atom is -0.376 e. The number of nitrogens with zero attached hydrogens (tertiary/aromatic N) is 5. The molecular weight excluding hydrogens is 448 g/mol. The average Bonchev–Trinajstić information content (AvgIpc) is 3.30. The highest BCUT2D eigenvalue weighted by molar-refractivity contribution is 6.00. The second kappa shape index (κ2) is 9.55. The standard InChI is InChI=1S/C24H26N8O3/c1-3-35-18-10-9-16(18)29-23(33)15-14-27-32-21(25-2)13-19(30-22(15)32)28-17-7-6-12-31(24(17)34)20-8-4-5-11-26-20/h4-8,11-14,16,18,25H,3,9-10H2,1-2H3,(H,28,30)(H,29,33)/t16-,18-/m1/s1. The smallest absolute Gasteiger partial charge is 0.279 e. The number of carbonyl (C=O) groups excluding carboxylic acids is 1. The molecule has 0 saturated heterocycles. The molecule has 1 aliphatic carbocycles. The summed E-state index contributed by atoms with van der Waals surface area (Å²) in [5.74, 6) is 1.24. The zero-order valence-corrected chi connectivity index (χ0v) is 19.4. The van der Waals surface area contributed by atoms with Crippen LogP contribution in [-0.4, -0.2) is 55.9 Å². The Morgan fingerprint density at radius 2 is 2.11 bits per heavy atom. The maximum Gasteiger partial charge on any atom is 0.279 e. The van der Waals surface area contributed by atoms with E-state index in [9.17, 15) is 9.59 Å². The first-order valence-electron chi connectivity index (χ1n) is 11.5. The van der Waals surface area contributed by atoms with Crippen molar-refractivity contribution in [1.29, 1.82) is 0 Å². The molecule has 5 rings (SSSR count). The molecule has 0 radical (unpaired) electrons. The Balaban J connectivity index is 1.46. The lowest BCUT2D eigenvalue weighted by Gasteiger charge is -2.36. The van der Waals surface area contributed by atoms with Crippen molar-refractivity contribution in [3.63, 3.8) is 0 Å². The summed E-state index contributed by atoms with van der Waals surface area (Å²) in [4.78, 5) is 35.0. The number of ether oxygens (including phenoxy) is 1. The van der Waals surface area contributed by atoms with Gasteiger partial charge in [-0.25, -0.2) is 9.97 Å². The fraction of sp³-hybridized carbons (Fsp3) is 0.292. The molecule has 3 N–H and O–H groups in total. The van der Waals surface area contributed by atoms with Gasteiger partial charge in [-0.3, -0.25) is 14.2 Å². The number of rotatable bonds is 8. The van der Waals surface area contributed by atoms with Gasteiger partial charge < -0.3 is 20.7 Å². The van der Waals surface area contributed by atoms with Crippen LogP contribution in [0.5, 0.6) is 0 Å². The van der Waals surface area contributed by atoms with E-state index in [1.54, 1.807) is 54.3 Å². The van der Waals surface area contributed by atoms with E-state index in [0.717, 1.165) is 12.8 Å². The van der Waals surface area contributed by atoms with Gasteiger partial charge in [0.05, 0.1) is 18.3 Å². The molecule has 0 unspecified atom stereocenters. The van der Waals surface area contributed by atoms with Gasteiger partial charge in [-0.1, -0.05) is 6.07 Å². The maximum absolute atomic E-state index is 13.1. The number of amides is 1. The highest BCUT2D eigenvalue weighted by Crippen LogP contribution is 2.25. The SMILES string of the molecule is CCO[C@@H]1CC[C@H]1NC(=O)c1cnn2c(NC)cc(Nc3cccn(-c4ccccn4)c3=O)nc12. The third-order valence-electron chi connectivity index (χ3n) is 5.99. The summed E-state index contributed by atoms with van der Waals surface area (Å²) in [6, 6.07) is 10.5. The van der Waals surface area contributed by atoms with Crippen molar-refractivity contribution in [2.45, 2.75) is 31.9 Å². The van der Waals surface area contributed by atoms with Crippen molar-refractivity contribution in [3.8, 4) is 5.82 Å². The summed E-state index contributed by atoms with van der Waals surface area (Å²) in [6.07, 6.45) is 6.60. The van der Waals surface area contributed by atoms with Gasteiger partial charge in [0, 0.05) is 32.1 Å². The molecular formula is C24H26N8O3. The molecule has 1 fully saturated rings. The number of fused-ring (bicyclic) bond motifs is 1. The second-order valence-electron chi connectivity index (χ2n) is 8.13. The van der Waals surface area contributed by atoms with Crippen LogP contribution in [-0.2, 0) is 4.74 Å². The quantitative estimate of drug-likeness (QED) is 0.355. The zero-order chi connectivity index (χ0) is 24.4. The van der Waals surface area contributed by atoms with Crippen molar-refractivity contribution in [3.05, 3.63) is 70.9 Å². The fourth-order valence-electron chi connectivity index (χ4n) is 4.06. The highest BCUT2D eigenvalue weighted by atomic mass is 16.5. The number of hydrogen-bond donors (Lipinski definition) is 3. The first kappa shape index (κ1) is 22.5. The minimum absolute atomic E-state index is 0.0307. The van der Waals surface area contributed by atoms with Gasteiger partial charge in [0.15, 0.2) is 5.65 Å². The van der Waals surface area contributed by atoms with E-state index in [-0.39, 0.29) is 23.6 Å². The molecule has 1 saturated carbocycles. The number of hydrogen-bond acceptors (Lipinski definition) is 8. The van der Waals surface area contributed by atoms with E-state index in [1.165, 1.54) is 10.8 Å². The van der Waals surface area contributed by atoms with Crippen LogP contribution in [0.3, 0.4) is 0 Å². The average molecular weight is 475 g/mol. The Bertz CT molecular complexity index is 1420. The summed E-state index contributed by atoms with van der Waals surface area (Å²) >= 11 is 0. The molecule has 0 bridgehead atoms. The van der Waals surface area contributed by atoms with Crippen LogP contribution in [0.15, 0.2) is 59.8 Å². The molecule has 1 aliphatic rings. The first-order valence-corrected chi connectivity index (χ1v) is 11.5. The van der Waals surface area contributed by atoms with Gasteiger partial charge in [-0.2, -0.15) is 9.61 Å². The van der Waals surface area contributed by atoms with Crippen molar-refractivity contribution in [1.82, 2.24) is 29.5 Å². The van der Waals surface area contributed by atoms with Crippen LogP contribution in [0.2, 0.25) is 0 Å². The topological polar surface area (TPSA) is 127 Å². The van der Waals surface area contributed by atoms with Crippen LogP contribution in [0, 0.1) is 0 Å². The Hall–Kier alpha value is -4.25. The molecule has 4 aromatic heterocycles. The summed E-state index contributed by atoms with van der Waals surface area (Å²) in [5, 5.41) is 13.5. The molecule has 2 atom stereocenters. The van der Waals surface area contributed by atoms with Gasteiger partial charge >= 0.3 is 0 Å². The van der Waals surface area contributed by atoms with E-state index < -0.39 is 0 Å². The molecule has 4 aromatic rings. The molecule has 180 valence electrons. The van der Waals surface area contributed by atoms with Gasteiger partial charge in [-0.05, 0) is 44.0 Å². The lowest BCUT2D eigenvalue weighted by atomic mass is 9.89. The summed E-state index contributed by atoms with van der Waals surface area (Å²) in [5.41, 5.74) is 0.741. The van der Waals surface area contributed by atoms with Crippen molar-refractivity contribution in [2.24, 2.45) is 0 Å². The number of aromatic nitrogens is 5. The van der Waals surface area contributed by atoms with E-state index in [0.29, 0.717) is 41.0 Å². The molecule has 1 amide bonds. The molecule has 35 heavy (non-hydrogen) atoms. The Labute approximate surface area is 201 Å². The summed E-state index contributed by atoms with van der Waals surface area (Å²) in [7, 11) is 1.75. The normalized spacial score (nSPS) is 17.1. The van der Waals surface area contributed by atoms with Gasteiger partial charge in [0.2, 0.25) is 0 Å². The van der Waals surface area contributed by atoms with Crippen molar-refractivity contribution < 1.29 is 9.53 Å². The van der Waals surface area contributed by atoms with Gasteiger partial charge in [0.1, 0.15) is 28.7 Å². The molecule has 11 heteroatoms. The molecule has 0 aliphatic heterocycles. The van der Waals surface area contributed by atoms with Gasteiger partial charge in [-0.15, -0.1) is 0 Å². The second-order valence-corrected chi connectivity index (χ2v) is 8.13. The Morgan fingerprint density at radius 3 is 2.83 bits per heavy atom. The van der Waals surface area contributed by atoms with E-state index in [2.05, 4.69) is 31.0 Å². The van der Waals surface area contributed by atoms with Crippen molar-refractivity contribution in [2.75, 3.05) is 24.3 Å². The van der Waals surface area contributed by atoms with E-state index >= 15 is 0 Å². The zero-order valence-electron chi connectivity index (χ0n) is 19.4. The number of nitrogens with one attached hydrogen (secondary N) is 3. The van der Waals surface area contributed by atoms with Crippen molar-refractivity contribution >= 4 is 28.9 Å². The number of anilines is 3. The number of pyridine rings is 2. The van der Waals surface area contributed by atoms with Gasteiger partial charge in [0.25, 0.3) is 11.5 Å². The largest absolute Gasteiger partial charge is 0.376 e. The minimum atomic E-state index is -0.280. The lowest BCUT2D eigenvalue weighted by molar-refractivity contribution is -0.0180. The first-order chi connectivity index (χ1) is 17.1. The van der Waals surface area contributed by atoms with Crippen LogP contribution in [0.1, 0.15) is 30.1 Å². The summed E-state index contributed by atoms with van der Waals surface area (Å²) in [6.45, 7) is 2.55. The van der Waals surface area contributed by atoms with E-state index in [4.69, 9.17) is 4.74 Å².